The second-order valence-corrected chi connectivity index (χ2v) is 3.44. The molecule has 1 aliphatic heterocycles. The Hall–Kier alpha value is -1.63. The van der Waals surface area contributed by atoms with Crippen molar-refractivity contribution in [2.24, 2.45) is 0 Å². The Labute approximate surface area is 94.6 Å². The highest BCUT2D eigenvalue weighted by Gasteiger charge is 2.45. The van der Waals surface area contributed by atoms with Crippen LogP contribution in [0.1, 0.15) is 12.6 Å². The summed E-state index contributed by atoms with van der Waals surface area (Å²) < 4.78 is 34.6. The van der Waals surface area contributed by atoms with E-state index in [0.717, 1.165) is 0 Å². The van der Waals surface area contributed by atoms with Gasteiger partial charge < -0.3 is 19.4 Å². The minimum Gasteiger partial charge on any atom is -0.396 e. The van der Waals surface area contributed by atoms with Crippen molar-refractivity contribution in [3.63, 3.8) is 0 Å². The number of hydrogen-bond donors (Lipinski definition) is 2. The number of ether oxygens (including phenoxy) is 2. The number of imidazole rings is 1. The fourth-order valence-electron chi connectivity index (χ4n) is 1.24. The van der Waals surface area contributed by atoms with Gasteiger partial charge in [-0.2, -0.15) is 0 Å². The van der Waals surface area contributed by atoms with Gasteiger partial charge in [-0.3, -0.25) is 0 Å². The van der Waals surface area contributed by atoms with Crippen molar-refractivity contribution >= 4 is 18.3 Å². The van der Waals surface area contributed by atoms with E-state index in [2.05, 4.69) is 19.4 Å². The first-order chi connectivity index (χ1) is 7.50. The van der Waals surface area contributed by atoms with Crippen LogP contribution in [-0.4, -0.2) is 16.3 Å². The monoisotopic (exact) mass is 246 g/mol. The Morgan fingerprint density at radius 3 is 2.62 bits per heavy atom. The lowest BCUT2D eigenvalue weighted by Crippen LogP contribution is -2.14. The van der Waals surface area contributed by atoms with Gasteiger partial charge >= 0.3 is 6.29 Å². The van der Waals surface area contributed by atoms with Crippen LogP contribution in [0.3, 0.4) is 0 Å². The summed E-state index contributed by atoms with van der Waals surface area (Å²) in [5.41, 5.74) is 0.528. The molecule has 2 heterocycles. The molecule has 0 aromatic carbocycles. The quantitative estimate of drug-likeness (QED) is 0.749. The average Bonchev–Trinajstić information content (AvgIpc) is 2.70. The molecule has 0 unspecified atom stereocenters. The van der Waals surface area contributed by atoms with Crippen molar-refractivity contribution in [3.05, 3.63) is 34.3 Å². The van der Waals surface area contributed by atoms with E-state index in [-0.39, 0.29) is 11.5 Å². The molecule has 2 rings (SSSR count). The molecule has 86 valence electrons. The van der Waals surface area contributed by atoms with Crippen LogP contribution in [0.5, 0.6) is 0 Å². The van der Waals surface area contributed by atoms with Crippen LogP contribution in [0.15, 0.2) is 23.8 Å². The van der Waals surface area contributed by atoms with Crippen molar-refractivity contribution < 1.29 is 18.3 Å². The van der Waals surface area contributed by atoms with Crippen molar-refractivity contribution in [3.8, 4) is 0 Å². The molecular formula is C9H8F2N2O2S. The first-order valence-corrected chi connectivity index (χ1v) is 4.83. The molecule has 0 amide bonds. The van der Waals surface area contributed by atoms with Crippen LogP contribution in [0.2, 0.25) is 0 Å². The molecule has 1 aliphatic rings. The van der Waals surface area contributed by atoms with Crippen molar-refractivity contribution in [1.82, 2.24) is 9.97 Å². The molecule has 1 saturated heterocycles. The molecule has 16 heavy (non-hydrogen) atoms. The number of aromatic amines is 2. The van der Waals surface area contributed by atoms with E-state index in [1.807, 2.05) is 0 Å². The second kappa shape index (κ2) is 3.75. The summed E-state index contributed by atoms with van der Waals surface area (Å²) in [6.07, 6.45) is 0.708. The van der Waals surface area contributed by atoms with E-state index < -0.39 is 6.29 Å². The van der Waals surface area contributed by atoms with E-state index in [1.165, 1.54) is 12.2 Å². The Balaban J connectivity index is 2.34. The van der Waals surface area contributed by atoms with E-state index >= 15 is 0 Å². The highest BCUT2D eigenvalue weighted by molar-refractivity contribution is 7.71. The molecule has 0 saturated carbocycles. The number of rotatable bonds is 1. The van der Waals surface area contributed by atoms with Crippen LogP contribution in [-0.2, 0) is 9.47 Å². The van der Waals surface area contributed by atoms with E-state index in [1.54, 1.807) is 13.1 Å². The Bertz CT molecular complexity index is 516. The normalized spacial score (nSPS) is 23.4. The summed E-state index contributed by atoms with van der Waals surface area (Å²) in [6, 6.07) is 0. The second-order valence-electron chi connectivity index (χ2n) is 3.03. The fraction of sp³-hybridized carbons (Fsp3) is 0.222. The highest BCUT2D eigenvalue weighted by Crippen LogP contribution is 2.37. The smallest absolute Gasteiger partial charge is 0.396 e. The molecule has 4 nitrogen and oxygen atoms in total. The van der Waals surface area contributed by atoms with Crippen LogP contribution in [0, 0.1) is 4.77 Å². The van der Waals surface area contributed by atoms with Crippen LogP contribution in [0.25, 0.3) is 6.08 Å². The first-order valence-electron chi connectivity index (χ1n) is 4.42. The van der Waals surface area contributed by atoms with Gasteiger partial charge in [0, 0.05) is 12.3 Å². The third-order valence-corrected chi connectivity index (χ3v) is 2.09. The lowest BCUT2D eigenvalue weighted by molar-refractivity contribution is -0.326. The summed E-state index contributed by atoms with van der Waals surface area (Å²) in [5, 5.41) is 0. The predicted octanol–water partition coefficient (Wildman–Crippen LogP) is 2.91. The molecule has 0 aliphatic carbocycles. The lowest BCUT2D eigenvalue weighted by Gasteiger charge is -2.03. The van der Waals surface area contributed by atoms with Gasteiger partial charge in [0.15, 0.2) is 16.3 Å². The maximum Gasteiger partial charge on any atom is 0.586 e. The molecule has 1 aromatic rings. The van der Waals surface area contributed by atoms with Gasteiger partial charge in [0.2, 0.25) is 0 Å². The zero-order chi connectivity index (χ0) is 11.8. The van der Waals surface area contributed by atoms with Crippen molar-refractivity contribution in [2.45, 2.75) is 13.2 Å². The third kappa shape index (κ3) is 2.13. The van der Waals surface area contributed by atoms with Gasteiger partial charge in [0.25, 0.3) is 0 Å². The number of alkyl halides is 2. The summed E-state index contributed by atoms with van der Waals surface area (Å²) in [4.78, 5) is 5.46. The third-order valence-electron chi connectivity index (χ3n) is 1.87. The molecule has 1 aromatic heterocycles. The summed E-state index contributed by atoms with van der Waals surface area (Å²) in [5.74, 6) is -0.0525. The zero-order valence-corrected chi connectivity index (χ0v) is 9.03. The van der Waals surface area contributed by atoms with Gasteiger partial charge in [-0.15, -0.1) is 8.78 Å². The van der Waals surface area contributed by atoms with Crippen molar-refractivity contribution in [2.75, 3.05) is 0 Å². The average molecular weight is 246 g/mol. The zero-order valence-electron chi connectivity index (χ0n) is 8.21. The molecular weight excluding hydrogens is 238 g/mol. The molecule has 7 heteroatoms. The number of halogens is 2. The fourth-order valence-corrected chi connectivity index (χ4v) is 1.42. The van der Waals surface area contributed by atoms with Gasteiger partial charge in [0.05, 0.1) is 5.69 Å². The maximum absolute atomic E-state index is 12.8. The number of nitrogens with one attached hydrogen (secondary N) is 2. The topological polar surface area (TPSA) is 50.0 Å². The molecule has 0 spiro atoms. The number of H-pyrrole nitrogens is 2. The number of allylic oxidation sites excluding steroid dienone is 1. The maximum atomic E-state index is 12.8. The summed E-state index contributed by atoms with van der Waals surface area (Å²) in [6.45, 7) is 1.58. The van der Waals surface area contributed by atoms with Crippen LogP contribution in [0.4, 0.5) is 8.78 Å². The minimum atomic E-state index is -3.61. The Morgan fingerprint density at radius 1 is 1.38 bits per heavy atom. The summed E-state index contributed by atoms with van der Waals surface area (Å²) >= 11 is 4.80. The largest absolute Gasteiger partial charge is 0.586 e. The highest BCUT2D eigenvalue weighted by atomic mass is 32.1. The minimum absolute atomic E-state index is 0.00878. The van der Waals surface area contributed by atoms with E-state index in [4.69, 9.17) is 12.2 Å². The molecule has 1 fully saturated rings. The SMILES string of the molecule is C/C=C1/OC(F)(F)O/C1=C/c1c[nH]c(=S)[nH]1. The molecule has 2 N–H and O–H groups in total. The standard InChI is InChI=1S/C9H8F2N2O2S/c1-2-6-7(15-9(10,11)14-6)3-5-4-12-8(16)13-5/h2-4H,1H3,(H2,12,13,16)/b6-2+,7-3+. The molecule has 0 atom stereocenters. The predicted molar refractivity (Wildman–Crippen MR) is 54.8 cm³/mol. The number of aromatic nitrogens is 2. The van der Waals surface area contributed by atoms with Gasteiger partial charge in [0.1, 0.15) is 0 Å². The first kappa shape index (κ1) is 10.9. The molecule has 0 radical (unpaired) electrons. The Morgan fingerprint density at radius 2 is 2.06 bits per heavy atom. The number of hydrogen-bond acceptors (Lipinski definition) is 3. The van der Waals surface area contributed by atoms with Crippen LogP contribution < -0.4 is 0 Å². The van der Waals surface area contributed by atoms with Crippen molar-refractivity contribution in [1.29, 1.82) is 0 Å². The Kier molecular flexibility index (Phi) is 2.55. The molecule has 0 bridgehead atoms. The van der Waals surface area contributed by atoms with Gasteiger partial charge in [-0.05, 0) is 25.2 Å². The van der Waals surface area contributed by atoms with E-state index in [9.17, 15) is 8.78 Å². The van der Waals surface area contributed by atoms with Crippen LogP contribution >= 0.6 is 12.2 Å². The van der Waals surface area contributed by atoms with Gasteiger partial charge in [-0.1, -0.05) is 0 Å². The van der Waals surface area contributed by atoms with Gasteiger partial charge in [-0.25, -0.2) is 0 Å². The summed E-state index contributed by atoms with van der Waals surface area (Å²) in [7, 11) is 0. The lowest BCUT2D eigenvalue weighted by atomic mass is 10.3. The van der Waals surface area contributed by atoms with E-state index in [0.29, 0.717) is 10.5 Å².